The molecule has 0 fully saturated rings. The Morgan fingerprint density at radius 2 is 0.667 bits per heavy atom. The van der Waals surface area contributed by atoms with Crippen LogP contribution in [0.25, 0.3) is 0 Å². The minimum absolute atomic E-state index is 0.471. The monoisotopic (exact) mass is 489 g/mol. The lowest BCUT2D eigenvalue weighted by Gasteiger charge is -2.08. The van der Waals surface area contributed by atoms with E-state index in [1.807, 2.05) is 6.20 Å². The zero-order chi connectivity index (χ0) is 27.4. The van der Waals surface area contributed by atoms with Crippen molar-refractivity contribution in [3.63, 3.8) is 0 Å². The molecule has 3 heteroatoms. The maximum absolute atomic E-state index is 4.40. The average Bonchev–Trinajstić information content (AvgIpc) is 2.84. The van der Waals surface area contributed by atoms with Crippen molar-refractivity contribution >= 4 is 0 Å². The van der Waals surface area contributed by atoms with Crippen LogP contribution in [0.5, 0.6) is 0 Å². The van der Waals surface area contributed by atoms with E-state index in [0.717, 1.165) is 11.4 Å². The molecule has 36 heavy (non-hydrogen) atoms. The quantitative estimate of drug-likeness (QED) is 0.346. The summed E-state index contributed by atoms with van der Waals surface area (Å²) in [6.07, 6.45) is 1.99. The molecule has 2 aromatic heterocycles. The molecular weight excluding hydrogens is 438 g/mol. The second kappa shape index (κ2) is 15.5. The van der Waals surface area contributed by atoms with Gasteiger partial charge in [0.1, 0.15) is 0 Å². The summed E-state index contributed by atoms with van der Waals surface area (Å²) in [6, 6.07) is 17.4. The van der Waals surface area contributed by atoms with Crippen LogP contribution in [0.3, 0.4) is 0 Å². The molecule has 0 unspecified atom stereocenters. The molecule has 0 aliphatic carbocycles. The fourth-order valence-corrected chi connectivity index (χ4v) is 3.33. The topological polar surface area (TPSA) is 38.7 Å². The third-order valence-corrected chi connectivity index (χ3v) is 6.23. The number of rotatable bonds is 6. The van der Waals surface area contributed by atoms with Gasteiger partial charge in [-0.05, 0) is 70.4 Å². The van der Waals surface area contributed by atoms with E-state index in [9.17, 15) is 0 Å². The molecule has 0 atom stereocenters. The lowest BCUT2D eigenvalue weighted by molar-refractivity contribution is 0.733. The van der Waals surface area contributed by atoms with Crippen LogP contribution in [-0.2, 0) is 0 Å². The highest BCUT2D eigenvalue weighted by atomic mass is 15.1. The molecule has 3 nitrogen and oxygen atoms in total. The normalized spacial score (nSPS) is 11.2. The van der Waals surface area contributed by atoms with Crippen LogP contribution >= 0.6 is 0 Å². The van der Waals surface area contributed by atoms with E-state index < -0.39 is 0 Å². The SMILES string of the molecule is CC(C)c1ccc(C(C)C)cc1.CC(C)c1ccc(C(C)C)nc1.CC(C)c1ccc(C(C)C)nn1. The fourth-order valence-electron chi connectivity index (χ4n) is 3.33. The van der Waals surface area contributed by atoms with Crippen molar-refractivity contribution < 1.29 is 0 Å². The van der Waals surface area contributed by atoms with Gasteiger partial charge in [0.25, 0.3) is 0 Å². The van der Waals surface area contributed by atoms with Gasteiger partial charge in [-0.1, -0.05) is 113 Å². The van der Waals surface area contributed by atoms with Crippen LogP contribution in [-0.4, -0.2) is 15.2 Å². The molecular formula is C33H51N3. The van der Waals surface area contributed by atoms with E-state index in [1.165, 1.54) is 22.4 Å². The molecule has 0 aliphatic rings. The predicted molar refractivity (Wildman–Crippen MR) is 157 cm³/mol. The summed E-state index contributed by atoms with van der Waals surface area (Å²) in [7, 11) is 0. The van der Waals surface area contributed by atoms with Crippen LogP contribution in [0.1, 0.15) is 152 Å². The number of hydrogen-bond donors (Lipinski definition) is 0. The molecule has 2 heterocycles. The van der Waals surface area contributed by atoms with Crippen molar-refractivity contribution in [3.8, 4) is 0 Å². The smallest absolute Gasteiger partial charge is 0.0656 e. The summed E-state index contributed by atoms with van der Waals surface area (Å²) in [5.41, 5.74) is 7.50. The molecule has 0 saturated carbocycles. The third-order valence-electron chi connectivity index (χ3n) is 6.23. The molecule has 3 aromatic rings. The second-order valence-corrected chi connectivity index (χ2v) is 11.5. The molecule has 0 saturated heterocycles. The molecule has 0 aliphatic heterocycles. The van der Waals surface area contributed by atoms with Gasteiger partial charge in [-0.25, -0.2) is 0 Å². The summed E-state index contributed by atoms with van der Waals surface area (Å²) >= 11 is 0. The molecule has 198 valence electrons. The van der Waals surface area contributed by atoms with Gasteiger partial charge < -0.3 is 0 Å². The van der Waals surface area contributed by atoms with Crippen molar-refractivity contribution in [2.24, 2.45) is 0 Å². The van der Waals surface area contributed by atoms with Crippen LogP contribution < -0.4 is 0 Å². The first-order chi connectivity index (χ1) is 16.8. The molecule has 3 rings (SSSR count). The molecule has 0 bridgehead atoms. The lowest BCUT2D eigenvalue weighted by atomic mass is 9.97. The first-order valence-corrected chi connectivity index (χ1v) is 13.7. The highest BCUT2D eigenvalue weighted by molar-refractivity contribution is 5.26. The average molecular weight is 490 g/mol. The van der Waals surface area contributed by atoms with Crippen LogP contribution in [0, 0.1) is 0 Å². The summed E-state index contributed by atoms with van der Waals surface area (Å²) in [6.45, 7) is 26.1. The Balaban J connectivity index is 0.000000270. The first-order valence-electron chi connectivity index (χ1n) is 13.7. The molecule has 0 spiro atoms. The highest BCUT2D eigenvalue weighted by Gasteiger charge is 2.04. The highest BCUT2D eigenvalue weighted by Crippen LogP contribution is 2.19. The fraction of sp³-hybridized carbons (Fsp3) is 0.545. The van der Waals surface area contributed by atoms with Gasteiger partial charge in [-0.15, -0.1) is 0 Å². The number of aromatic nitrogens is 3. The molecule has 1 aromatic carbocycles. The van der Waals surface area contributed by atoms with Crippen LogP contribution in [0.4, 0.5) is 0 Å². The Morgan fingerprint density at radius 1 is 0.361 bits per heavy atom. The van der Waals surface area contributed by atoms with Crippen molar-refractivity contribution in [2.45, 2.75) is 119 Å². The molecule has 0 radical (unpaired) electrons. The van der Waals surface area contributed by atoms with Gasteiger partial charge >= 0.3 is 0 Å². The van der Waals surface area contributed by atoms with Gasteiger partial charge in [0.2, 0.25) is 0 Å². The van der Waals surface area contributed by atoms with Gasteiger partial charge in [-0.3, -0.25) is 4.98 Å². The minimum atomic E-state index is 0.471. The zero-order valence-corrected chi connectivity index (χ0v) is 25.0. The second-order valence-electron chi connectivity index (χ2n) is 11.5. The molecule has 0 amide bonds. The van der Waals surface area contributed by atoms with Crippen LogP contribution in [0.15, 0.2) is 54.7 Å². The van der Waals surface area contributed by atoms with E-state index in [0.29, 0.717) is 35.5 Å². The summed E-state index contributed by atoms with van der Waals surface area (Å²) in [4.78, 5) is 4.40. The largest absolute Gasteiger partial charge is 0.261 e. The molecule has 0 N–H and O–H groups in total. The Labute approximate surface area is 222 Å². The number of benzene rings is 1. The first kappa shape index (κ1) is 31.5. The van der Waals surface area contributed by atoms with Crippen molar-refractivity contribution in [3.05, 3.63) is 88.5 Å². The van der Waals surface area contributed by atoms with E-state index >= 15 is 0 Å². The van der Waals surface area contributed by atoms with Gasteiger partial charge in [0.05, 0.1) is 11.4 Å². The Morgan fingerprint density at radius 3 is 0.889 bits per heavy atom. The van der Waals surface area contributed by atoms with Crippen molar-refractivity contribution in [2.75, 3.05) is 0 Å². The summed E-state index contributed by atoms with van der Waals surface area (Å²) in [5, 5.41) is 8.30. The summed E-state index contributed by atoms with van der Waals surface area (Å²) < 4.78 is 0. The van der Waals surface area contributed by atoms with E-state index in [1.54, 1.807) is 0 Å². The van der Waals surface area contributed by atoms with Crippen LogP contribution in [0.2, 0.25) is 0 Å². The zero-order valence-electron chi connectivity index (χ0n) is 25.0. The van der Waals surface area contributed by atoms with Gasteiger partial charge in [0, 0.05) is 11.9 Å². The number of hydrogen-bond acceptors (Lipinski definition) is 3. The van der Waals surface area contributed by atoms with Crippen molar-refractivity contribution in [1.29, 1.82) is 0 Å². The van der Waals surface area contributed by atoms with E-state index in [4.69, 9.17) is 0 Å². The lowest BCUT2D eigenvalue weighted by Crippen LogP contribution is -1.99. The number of pyridine rings is 1. The maximum Gasteiger partial charge on any atom is 0.0656 e. The Kier molecular flexibility index (Phi) is 13.6. The minimum Gasteiger partial charge on any atom is -0.261 e. The standard InChI is InChI=1S/C12H18.C11H17N.C10H16N2/c1-9(2)11-5-7-12(8-6-11)10(3)4;1-8(2)10-5-6-11(9(3)4)12-7-10;1-7(2)9-5-6-10(8(3)4)12-11-9/h5-10H,1-4H3;5-9H,1-4H3;5-8H,1-4H3. The third kappa shape index (κ3) is 11.0. The number of nitrogens with zero attached hydrogens (tertiary/aromatic N) is 3. The Hall–Kier alpha value is -2.55. The van der Waals surface area contributed by atoms with Gasteiger partial charge in [-0.2, -0.15) is 10.2 Å². The van der Waals surface area contributed by atoms with Crippen molar-refractivity contribution in [1.82, 2.24) is 15.2 Å². The Bertz CT molecular complexity index is 752. The van der Waals surface area contributed by atoms with E-state index in [2.05, 4.69) is 147 Å². The maximum atomic E-state index is 4.40. The predicted octanol–water partition coefficient (Wildman–Crippen LogP) is 9.99. The summed E-state index contributed by atoms with van der Waals surface area (Å²) in [5.74, 6) is 3.35. The van der Waals surface area contributed by atoms with E-state index in [-0.39, 0.29) is 0 Å². The van der Waals surface area contributed by atoms with Gasteiger partial charge in [0.15, 0.2) is 0 Å².